The normalized spacial score (nSPS) is 10.9. The fourth-order valence-corrected chi connectivity index (χ4v) is 2.36. The lowest BCUT2D eigenvalue weighted by atomic mass is 10.1. The lowest BCUT2D eigenvalue weighted by molar-refractivity contribution is 0.466. The van der Waals surface area contributed by atoms with E-state index < -0.39 is 0 Å². The Hall–Kier alpha value is -2.94. The van der Waals surface area contributed by atoms with Crippen molar-refractivity contribution >= 4 is 21.7 Å². The average molecular weight is 272 g/mol. The van der Waals surface area contributed by atoms with E-state index >= 15 is 0 Å². The molecule has 0 fully saturated rings. The third-order valence-electron chi connectivity index (χ3n) is 3.41. The highest BCUT2D eigenvalue weighted by Crippen LogP contribution is 2.25. The molecular weight excluding hydrogens is 260 g/mol. The van der Waals surface area contributed by atoms with Gasteiger partial charge in [0, 0.05) is 23.8 Å². The third kappa shape index (κ3) is 2.30. The molecule has 4 rings (SSSR count). The summed E-state index contributed by atoms with van der Waals surface area (Å²) in [6, 6.07) is 19.9. The zero-order valence-electron chi connectivity index (χ0n) is 11.2. The number of hydrogen-bond donors (Lipinski definition) is 0. The predicted molar refractivity (Wildman–Crippen MR) is 83.6 cm³/mol. The van der Waals surface area contributed by atoms with Crippen molar-refractivity contribution in [3.8, 4) is 11.6 Å². The third-order valence-corrected chi connectivity index (χ3v) is 3.41. The Bertz CT molecular complexity index is 857. The van der Waals surface area contributed by atoms with Crippen LogP contribution in [0.3, 0.4) is 0 Å². The summed E-state index contributed by atoms with van der Waals surface area (Å²) in [5, 5.41) is 3.35. The number of rotatable bonds is 2. The summed E-state index contributed by atoms with van der Waals surface area (Å²) in [7, 11) is 0. The van der Waals surface area contributed by atoms with E-state index in [4.69, 9.17) is 4.74 Å². The van der Waals surface area contributed by atoms with Crippen LogP contribution in [-0.2, 0) is 0 Å². The summed E-state index contributed by atoms with van der Waals surface area (Å²) in [6.07, 6.45) is 3.53. The quantitative estimate of drug-likeness (QED) is 0.536. The topological polar surface area (TPSA) is 35.0 Å². The minimum absolute atomic E-state index is 0.587. The van der Waals surface area contributed by atoms with Crippen LogP contribution >= 0.6 is 0 Å². The molecule has 0 aliphatic heterocycles. The molecule has 0 saturated heterocycles. The van der Waals surface area contributed by atoms with Gasteiger partial charge >= 0.3 is 0 Å². The minimum atomic E-state index is 0.587. The molecule has 0 aliphatic rings. The van der Waals surface area contributed by atoms with Gasteiger partial charge in [0.1, 0.15) is 5.75 Å². The Morgan fingerprint density at radius 3 is 2.57 bits per heavy atom. The molecule has 0 aliphatic carbocycles. The second-order valence-electron chi connectivity index (χ2n) is 4.83. The molecule has 0 N–H and O–H groups in total. The standard InChI is InChI=1S/C18H12N2O/c1-2-4-14-11-16(7-5-13(14)3-1)21-18-8-6-15-12-19-10-9-17(15)20-18/h1-12H. The van der Waals surface area contributed by atoms with Gasteiger partial charge < -0.3 is 4.74 Å². The largest absolute Gasteiger partial charge is 0.439 e. The van der Waals surface area contributed by atoms with Crippen LogP contribution in [0.5, 0.6) is 11.6 Å². The van der Waals surface area contributed by atoms with Gasteiger partial charge in [-0.1, -0.05) is 30.3 Å². The van der Waals surface area contributed by atoms with Gasteiger partial charge in [0.05, 0.1) is 5.52 Å². The number of pyridine rings is 2. The second kappa shape index (κ2) is 4.87. The summed E-state index contributed by atoms with van der Waals surface area (Å²) in [5.41, 5.74) is 0.878. The van der Waals surface area contributed by atoms with Crippen LogP contribution in [0.1, 0.15) is 0 Å². The van der Waals surface area contributed by atoms with Crippen molar-refractivity contribution in [2.75, 3.05) is 0 Å². The lowest BCUT2D eigenvalue weighted by Gasteiger charge is -2.07. The van der Waals surface area contributed by atoms with E-state index in [1.165, 1.54) is 5.39 Å². The molecule has 2 aromatic heterocycles. The molecule has 21 heavy (non-hydrogen) atoms. The van der Waals surface area contributed by atoms with Crippen molar-refractivity contribution in [2.24, 2.45) is 0 Å². The van der Waals surface area contributed by atoms with Crippen molar-refractivity contribution in [1.82, 2.24) is 9.97 Å². The van der Waals surface area contributed by atoms with Crippen LogP contribution in [0.4, 0.5) is 0 Å². The van der Waals surface area contributed by atoms with Gasteiger partial charge in [-0.25, -0.2) is 4.98 Å². The summed E-state index contributed by atoms with van der Waals surface area (Å²) < 4.78 is 5.86. The van der Waals surface area contributed by atoms with E-state index in [0.717, 1.165) is 22.0 Å². The van der Waals surface area contributed by atoms with Crippen LogP contribution in [0.15, 0.2) is 73.1 Å². The maximum absolute atomic E-state index is 5.86. The van der Waals surface area contributed by atoms with Gasteiger partial charge in [0.25, 0.3) is 0 Å². The Balaban J connectivity index is 1.71. The Morgan fingerprint density at radius 2 is 1.62 bits per heavy atom. The molecule has 0 saturated carbocycles. The maximum atomic E-state index is 5.86. The first-order valence-corrected chi connectivity index (χ1v) is 6.76. The van der Waals surface area contributed by atoms with Crippen LogP contribution in [0.2, 0.25) is 0 Å². The Labute approximate surface area is 121 Å². The number of benzene rings is 2. The highest BCUT2D eigenvalue weighted by molar-refractivity contribution is 5.84. The van der Waals surface area contributed by atoms with Gasteiger partial charge in [-0.3, -0.25) is 4.98 Å². The highest BCUT2D eigenvalue weighted by Gasteiger charge is 2.02. The molecule has 4 aromatic rings. The Kier molecular flexibility index (Phi) is 2.75. The number of hydrogen-bond acceptors (Lipinski definition) is 3. The van der Waals surface area contributed by atoms with E-state index in [9.17, 15) is 0 Å². The number of nitrogens with zero attached hydrogens (tertiary/aromatic N) is 2. The molecule has 0 bridgehead atoms. The summed E-state index contributed by atoms with van der Waals surface area (Å²) >= 11 is 0. The molecule has 0 radical (unpaired) electrons. The first-order chi connectivity index (χ1) is 10.4. The van der Waals surface area contributed by atoms with Crippen molar-refractivity contribution < 1.29 is 4.74 Å². The fourth-order valence-electron chi connectivity index (χ4n) is 2.36. The SMILES string of the molecule is c1ccc2cc(Oc3ccc4cnccc4n3)ccc2c1. The average Bonchev–Trinajstić information content (AvgIpc) is 2.55. The molecule has 100 valence electrons. The first kappa shape index (κ1) is 11.9. The predicted octanol–water partition coefficient (Wildman–Crippen LogP) is 4.58. The molecule has 2 aromatic carbocycles. The molecule has 0 amide bonds. The zero-order valence-corrected chi connectivity index (χ0v) is 11.2. The summed E-state index contributed by atoms with van der Waals surface area (Å²) in [4.78, 5) is 8.57. The number of fused-ring (bicyclic) bond motifs is 2. The summed E-state index contributed by atoms with van der Waals surface area (Å²) in [6.45, 7) is 0. The maximum Gasteiger partial charge on any atom is 0.219 e. The molecular formula is C18H12N2O. The van der Waals surface area contributed by atoms with Gasteiger partial charge in [-0.15, -0.1) is 0 Å². The van der Waals surface area contributed by atoms with Gasteiger partial charge in [0.2, 0.25) is 5.88 Å². The molecule has 3 heteroatoms. The smallest absolute Gasteiger partial charge is 0.219 e. The Morgan fingerprint density at radius 1 is 0.762 bits per heavy atom. The zero-order chi connectivity index (χ0) is 14.1. The van der Waals surface area contributed by atoms with Crippen molar-refractivity contribution in [1.29, 1.82) is 0 Å². The van der Waals surface area contributed by atoms with Crippen molar-refractivity contribution in [3.63, 3.8) is 0 Å². The fraction of sp³-hybridized carbons (Fsp3) is 0. The van der Waals surface area contributed by atoms with Gasteiger partial charge in [-0.2, -0.15) is 0 Å². The van der Waals surface area contributed by atoms with E-state index in [1.54, 1.807) is 12.4 Å². The van der Waals surface area contributed by atoms with Crippen molar-refractivity contribution in [3.05, 3.63) is 73.1 Å². The van der Waals surface area contributed by atoms with Crippen LogP contribution in [0, 0.1) is 0 Å². The lowest BCUT2D eigenvalue weighted by Crippen LogP contribution is -1.89. The monoisotopic (exact) mass is 272 g/mol. The molecule has 3 nitrogen and oxygen atoms in total. The van der Waals surface area contributed by atoms with E-state index in [0.29, 0.717) is 5.88 Å². The van der Waals surface area contributed by atoms with Crippen molar-refractivity contribution in [2.45, 2.75) is 0 Å². The van der Waals surface area contributed by atoms with Crippen LogP contribution in [0.25, 0.3) is 21.7 Å². The minimum Gasteiger partial charge on any atom is -0.439 e. The van der Waals surface area contributed by atoms with E-state index in [1.807, 2.05) is 42.5 Å². The van der Waals surface area contributed by atoms with E-state index in [2.05, 4.69) is 28.2 Å². The summed E-state index contributed by atoms with van der Waals surface area (Å²) in [5.74, 6) is 1.37. The number of ether oxygens (including phenoxy) is 1. The van der Waals surface area contributed by atoms with Gasteiger partial charge in [0.15, 0.2) is 0 Å². The van der Waals surface area contributed by atoms with E-state index in [-0.39, 0.29) is 0 Å². The highest BCUT2D eigenvalue weighted by atomic mass is 16.5. The molecule has 0 spiro atoms. The number of aromatic nitrogens is 2. The molecule has 0 unspecified atom stereocenters. The second-order valence-corrected chi connectivity index (χ2v) is 4.83. The first-order valence-electron chi connectivity index (χ1n) is 6.76. The van der Waals surface area contributed by atoms with Crippen LogP contribution in [-0.4, -0.2) is 9.97 Å². The molecule has 0 atom stereocenters. The van der Waals surface area contributed by atoms with Gasteiger partial charge in [-0.05, 0) is 35.0 Å². The molecule has 2 heterocycles. The van der Waals surface area contributed by atoms with Crippen LogP contribution < -0.4 is 4.74 Å².